The van der Waals surface area contributed by atoms with Gasteiger partial charge in [0.2, 0.25) is 0 Å². The Kier molecular flexibility index (Phi) is 6.96. The van der Waals surface area contributed by atoms with Crippen molar-refractivity contribution in [1.29, 1.82) is 0 Å². The first-order chi connectivity index (χ1) is 7.76. The van der Waals surface area contributed by atoms with E-state index < -0.39 is 0 Å². The third-order valence-electron chi connectivity index (χ3n) is 3.17. The van der Waals surface area contributed by atoms with Crippen LogP contribution in [0.25, 0.3) is 0 Å². The van der Waals surface area contributed by atoms with E-state index in [0.717, 1.165) is 45.7 Å². The van der Waals surface area contributed by atoms with Crippen LogP contribution in [-0.4, -0.2) is 61.5 Å². The summed E-state index contributed by atoms with van der Waals surface area (Å²) in [5.41, 5.74) is 0. The average molecular weight is 230 g/mol. The number of nitrogens with one attached hydrogen (secondary N) is 1. The van der Waals surface area contributed by atoms with Crippen LogP contribution in [0.5, 0.6) is 0 Å². The summed E-state index contributed by atoms with van der Waals surface area (Å²) >= 11 is 0. The van der Waals surface area contributed by atoms with E-state index >= 15 is 0 Å². The van der Waals surface area contributed by atoms with E-state index in [-0.39, 0.29) is 6.10 Å². The van der Waals surface area contributed by atoms with E-state index in [1.165, 1.54) is 0 Å². The molecule has 1 heterocycles. The molecule has 1 fully saturated rings. The first kappa shape index (κ1) is 13.9. The topological polar surface area (TPSA) is 44.7 Å². The summed E-state index contributed by atoms with van der Waals surface area (Å²) in [6.45, 7) is 9.35. The molecule has 0 spiro atoms. The molecule has 0 aromatic rings. The second-order valence-electron chi connectivity index (χ2n) is 4.46. The van der Waals surface area contributed by atoms with Crippen molar-refractivity contribution >= 4 is 0 Å². The van der Waals surface area contributed by atoms with Gasteiger partial charge in [-0.1, -0.05) is 13.8 Å². The summed E-state index contributed by atoms with van der Waals surface area (Å²) < 4.78 is 5.38. The Hall–Kier alpha value is -0.160. The van der Waals surface area contributed by atoms with E-state index in [4.69, 9.17) is 4.74 Å². The summed E-state index contributed by atoms with van der Waals surface area (Å²) in [6, 6.07) is 0.431. The van der Waals surface area contributed by atoms with E-state index in [9.17, 15) is 5.11 Å². The van der Waals surface area contributed by atoms with Gasteiger partial charge in [0.05, 0.1) is 12.7 Å². The van der Waals surface area contributed by atoms with Gasteiger partial charge in [-0.3, -0.25) is 0 Å². The van der Waals surface area contributed by atoms with Crippen LogP contribution in [0.1, 0.15) is 26.7 Å². The second-order valence-corrected chi connectivity index (χ2v) is 4.46. The lowest BCUT2D eigenvalue weighted by molar-refractivity contribution is 0.0594. The Morgan fingerprint density at radius 3 is 2.75 bits per heavy atom. The summed E-state index contributed by atoms with van der Waals surface area (Å²) in [5, 5.41) is 13.2. The van der Waals surface area contributed by atoms with Gasteiger partial charge in [-0.25, -0.2) is 0 Å². The van der Waals surface area contributed by atoms with Gasteiger partial charge in [0.15, 0.2) is 0 Å². The van der Waals surface area contributed by atoms with Crippen molar-refractivity contribution in [3.05, 3.63) is 0 Å². The third kappa shape index (κ3) is 5.25. The molecule has 1 aliphatic rings. The van der Waals surface area contributed by atoms with Gasteiger partial charge in [-0.15, -0.1) is 0 Å². The summed E-state index contributed by atoms with van der Waals surface area (Å²) in [7, 11) is 0. The minimum atomic E-state index is -0.276. The largest absolute Gasteiger partial charge is 0.390 e. The molecule has 0 saturated carbocycles. The van der Waals surface area contributed by atoms with Gasteiger partial charge in [0.25, 0.3) is 0 Å². The number of rotatable bonds is 7. The van der Waals surface area contributed by atoms with Crippen LogP contribution in [0.15, 0.2) is 0 Å². The van der Waals surface area contributed by atoms with Crippen molar-refractivity contribution in [2.75, 3.05) is 39.4 Å². The van der Waals surface area contributed by atoms with E-state index in [0.29, 0.717) is 12.6 Å². The number of aliphatic hydroxyl groups is 1. The minimum Gasteiger partial charge on any atom is -0.390 e. The highest BCUT2D eigenvalue weighted by molar-refractivity contribution is 4.73. The van der Waals surface area contributed by atoms with Gasteiger partial charge >= 0.3 is 0 Å². The summed E-state index contributed by atoms with van der Waals surface area (Å²) in [6.07, 6.45) is 2.02. The Balaban J connectivity index is 2.10. The van der Waals surface area contributed by atoms with Crippen molar-refractivity contribution in [1.82, 2.24) is 10.2 Å². The molecule has 1 aliphatic heterocycles. The number of nitrogens with zero attached hydrogens (tertiary/aromatic N) is 1. The number of hydrogen-bond donors (Lipinski definition) is 2. The molecule has 4 heteroatoms. The zero-order valence-corrected chi connectivity index (χ0v) is 10.6. The first-order valence-corrected chi connectivity index (χ1v) is 6.47. The lowest BCUT2D eigenvalue weighted by atomic mass is 10.1. The molecule has 0 aromatic heterocycles. The van der Waals surface area contributed by atoms with Crippen molar-refractivity contribution in [3.8, 4) is 0 Å². The average Bonchev–Trinajstić information content (AvgIpc) is 2.34. The smallest absolute Gasteiger partial charge is 0.0791 e. The number of hydrogen-bond acceptors (Lipinski definition) is 4. The third-order valence-corrected chi connectivity index (χ3v) is 3.17. The van der Waals surface area contributed by atoms with Gasteiger partial charge < -0.3 is 20.1 Å². The molecule has 2 N–H and O–H groups in total. The molecule has 0 aromatic carbocycles. The lowest BCUT2D eigenvalue weighted by Crippen LogP contribution is -2.44. The van der Waals surface area contributed by atoms with Gasteiger partial charge in [0, 0.05) is 25.7 Å². The lowest BCUT2D eigenvalue weighted by Gasteiger charge is -2.26. The van der Waals surface area contributed by atoms with Crippen LogP contribution in [0, 0.1) is 0 Å². The van der Waals surface area contributed by atoms with E-state index in [2.05, 4.69) is 24.1 Å². The van der Waals surface area contributed by atoms with Gasteiger partial charge in [0.1, 0.15) is 0 Å². The fourth-order valence-electron chi connectivity index (χ4n) is 2.05. The van der Waals surface area contributed by atoms with E-state index in [1.807, 2.05) is 0 Å². The van der Waals surface area contributed by atoms with E-state index in [1.54, 1.807) is 0 Å². The second kappa shape index (κ2) is 8.01. The molecule has 0 amide bonds. The zero-order chi connectivity index (χ0) is 11.8. The molecule has 0 radical (unpaired) electrons. The Labute approximate surface area is 99.0 Å². The fourth-order valence-corrected chi connectivity index (χ4v) is 2.05. The van der Waals surface area contributed by atoms with Crippen molar-refractivity contribution in [2.45, 2.75) is 38.8 Å². The maximum Gasteiger partial charge on any atom is 0.0791 e. The molecule has 0 aliphatic carbocycles. The van der Waals surface area contributed by atoms with Crippen LogP contribution in [0.4, 0.5) is 0 Å². The first-order valence-electron chi connectivity index (χ1n) is 6.47. The highest BCUT2D eigenvalue weighted by Crippen LogP contribution is 2.05. The highest BCUT2D eigenvalue weighted by Gasteiger charge is 2.15. The molecule has 4 nitrogen and oxygen atoms in total. The van der Waals surface area contributed by atoms with Crippen molar-refractivity contribution in [3.63, 3.8) is 0 Å². The SMILES string of the molecule is CCN(CC)CC(O)CNC1CCCOC1. The Morgan fingerprint density at radius 1 is 1.44 bits per heavy atom. The number of ether oxygens (including phenoxy) is 1. The van der Waals surface area contributed by atoms with Crippen LogP contribution >= 0.6 is 0 Å². The van der Waals surface area contributed by atoms with Gasteiger partial charge in [-0.2, -0.15) is 0 Å². The van der Waals surface area contributed by atoms with Crippen molar-refractivity contribution < 1.29 is 9.84 Å². The standard InChI is InChI=1S/C12H26N2O2/c1-3-14(4-2)9-12(15)8-13-11-6-5-7-16-10-11/h11-13,15H,3-10H2,1-2H3. The summed E-state index contributed by atoms with van der Waals surface area (Å²) in [5.74, 6) is 0. The number of likely N-dealkylation sites (N-methyl/N-ethyl adjacent to an activating group) is 1. The van der Waals surface area contributed by atoms with Crippen LogP contribution in [0.3, 0.4) is 0 Å². The maximum atomic E-state index is 9.87. The normalized spacial score (nSPS) is 23.6. The molecule has 2 atom stereocenters. The minimum absolute atomic E-state index is 0.276. The maximum absolute atomic E-state index is 9.87. The number of aliphatic hydroxyl groups excluding tert-OH is 1. The molecule has 96 valence electrons. The molecule has 16 heavy (non-hydrogen) atoms. The predicted octanol–water partition coefficient (Wildman–Crippen LogP) is 0.458. The molecule has 1 rings (SSSR count). The quantitative estimate of drug-likeness (QED) is 0.667. The Morgan fingerprint density at radius 2 is 2.19 bits per heavy atom. The highest BCUT2D eigenvalue weighted by atomic mass is 16.5. The molecule has 1 saturated heterocycles. The molecular formula is C12H26N2O2. The van der Waals surface area contributed by atoms with Gasteiger partial charge in [-0.05, 0) is 25.9 Å². The van der Waals surface area contributed by atoms with Crippen LogP contribution in [0.2, 0.25) is 0 Å². The molecule has 2 unspecified atom stereocenters. The van der Waals surface area contributed by atoms with Crippen molar-refractivity contribution in [2.24, 2.45) is 0 Å². The predicted molar refractivity (Wildman–Crippen MR) is 65.6 cm³/mol. The molecule has 0 bridgehead atoms. The van der Waals surface area contributed by atoms with Crippen LogP contribution < -0.4 is 5.32 Å². The monoisotopic (exact) mass is 230 g/mol. The summed E-state index contributed by atoms with van der Waals surface area (Å²) in [4.78, 5) is 2.24. The van der Waals surface area contributed by atoms with Crippen LogP contribution in [-0.2, 0) is 4.74 Å². The molecular weight excluding hydrogens is 204 g/mol. The Bertz CT molecular complexity index is 168. The zero-order valence-electron chi connectivity index (χ0n) is 10.6. The fraction of sp³-hybridized carbons (Fsp3) is 1.00.